The summed E-state index contributed by atoms with van der Waals surface area (Å²) in [5.74, 6) is -0.849. The molecule has 0 fully saturated rings. The van der Waals surface area contributed by atoms with Gasteiger partial charge in [-0.25, -0.2) is 4.79 Å². The SMILES string of the molecule is CCOC(=O)C1=C(CC)OC(N)=C(C#N)[C@@H]1c1ccccc1Cl. The second-order valence-corrected chi connectivity index (χ2v) is 5.26. The van der Waals surface area contributed by atoms with Crippen molar-refractivity contribution < 1.29 is 14.3 Å². The molecule has 0 radical (unpaired) electrons. The summed E-state index contributed by atoms with van der Waals surface area (Å²) in [6.45, 7) is 3.77. The second kappa shape index (κ2) is 7.21. The van der Waals surface area contributed by atoms with E-state index >= 15 is 0 Å². The number of esters is 1. The highest BCUT2D eigenvalue weighted by Crippen LogP contribution is 2.42. The van der Waals surface area contributed by atoms with E-state index in [9.17, 15) is 10.1 Å². The van der Waals surface area contributed by atoms with Crippen molar-refractivity contribution in [1.82, 2.24) is 0 Å². The number of hydrogen-bond donors (Lipinski definition) is 1. The van der Waals surface area contributed by atoms with Gasteiger partial charge in [-0.2, -0.15) is 5.26 Å². The number of carbonyl (C=O) groups excluding carboxylic acids is 1. The molecule has 0 aromatic heterocycles. The van der Waals surface area contributed by atoms with E-state index < -0.39 is 11.9 Å². The van der Waals surface area contributed by atoms with Crippen LogP contribution in [0.25, 0.3) is 0 Å². The number of carbonyl (C=O) groups is 1. The van der Waals surface area contributed by atoms with Gasteiger partial charge in [0.2, 0.25) is 5.88 Å². The van der Waals surface area contributed by atoms with E-state index in [4.69, 9.17) is 26.8 Å². The van der Waals surface area contributed by atoms with E-state index in [1.54, 1.807) is 31.2 Å². The van der Waals surface area contributed by atoms with E-state index in [0.29, 0.717) is 22.8 Å². The molecule has 2 rings (SSSR count). The lowest BCUT2D eigenvalue weighted by atomic mass is 9.82. The number of nitrogens with zero attached hydrogens (tertiary/aromatic N) is 1. The minimum Gasteiger partial charge on any atom is -0.463 e. The van der Waals surface area contributed by atoms with Gasteiger partial charge >= 0.3 is 5.97 Å². The standard InChI is InChI=1S/C17H17ClN2O3/c1-3-13-15(17(21)22-4-2)14(11(9-19)16(20)23-13)10-7-5-6-8-12(10)18/h5-8,14H,3-4,20H2,1-2H3/t14-/m0/s1. The Hall–Kier alpha value is -2.45. The van der Waals surface area contributed by atoms with E-state index in [1.165, 1.54) is 0 Å². The third kappa shape index (κ3) is 3.17. The molecule has 2 N–H and O–H groups in total. The average molecular weight is 333 g/mol. The molecule has 0 saturated heterocycles. The Morgan fingerprint density at radius 1 is 1.43 bits per heavy atom. The number of allylic oxidation sites excluding steroid dienone is 2. The average Bonchev–Trinajstić information content (AvgIpc) is 2.54. The first-order chi connectivity index (χ1) is 11.0. The Labute approximate surface area is 139 Å². The fourth-order valence-corrected chi connectivity index (χ4v) is 2.78. The van der Waals surface area contributed by atoms with Gasteiger partial charge < -0.3 is 15.2 Å². The molecule has 1 aromatic carbocycles. The van der Waals surface area contributed by atoms with Crippen LogP contribution >= 0.6 is 11.6 Å². The lowest BCUT2D eigenvalue weighted by molar-refractivity contribution is -0.139. The second-order valence-electron chi connectivity index (χ2n) is 4.86. The predicted molar refractivity (Wildman–Crippen MR) is 86.1 cm³/mol. The number of nitrogens with two attached hydrogens (primary N) is 1. The molecular weight excluding hydrogens is 316 g/mol. The van der Waals surface area contributed by atoms with Crippen molar-refractivity contribution >= 4 is 17.6 Å². The van der Waals surface area contributed by atoms with Gasteiger partial charge in [-0.1, -0.05) is 36.7 Å². The molecule has 1 aliphatic heterocycles. The monoisotopic (exact) mass is 332 g/mol. The van der Waals surface area contributed by atoms with Crippen LogP contribution in [0.1, 0.15) is 31.7 Å². The molecule has 1 aliphatic rings. The van der Waals surface area contributed by atoms with E-state index in [1.807, 2.05) is 13.0 Å². The summed E-state index contributed by atoms with van der Waals surface area (Å²) in [6.07, 6.45) is 0.439. The van der Waals surface area contributed by atoms with Gasteiger partial charge in [0.15, 0.2) is 0 Å². The van der Waals surface area contributed by atoms with Crippen molar-refractivity contribution in [3.05, 3.63) is 57.6 Å². The van der Waals surface area contributed by atoms with Crippen LogP contribution in [0, 0.1) is 11.3 Å². The lowest BCUT2D eigenvalue weighted by Crippen LogP contribution is -2.26. The molecule has 0 saturated carbocycles. The molecule has 1 heterocycles. The summed E-state index contributed by atoms with van der Waals surface area (Å²) in [6, 6.07) is 9.05. The Balaban J connectivity index is 2.69. The van der Waals surface area contributed by atoms with Crippen LogP contribution in [0.4, 0.5) is 0 Å². The molecule has 120 valence electrons. The highest BCUT2D eigenvalue weighted by atomic mass is 35.5. The van der Waals surface area contributed by atoms with Crippen LogP contribution in [0.15, 0.2) is 47.1 Å². The third-order valence-corrected chi connectivity index (χ3v) is 3.87. The molecular formula is C17H17ClN2O3. The van der Waals surface area contributed by atoms with Crippen molar-refractivity contribution in [2.45, 2.75) is 26.2 Å². The quantitative estimate of drug-likeness (QED) is 0.854. The molecule has 1 aromatic rings. The lowest BCUT2D eigenvalue weighted by Gasteiger charge is -2.28. The summed E-state index contributed by atoms with van der Waals surface area (Å²) in [5, 5.41) is 9.93. The number of benzene rings is 1. The van der Waals surface area contributed by atoms with Gasteiger partial charge in [0.1, 0.15) is 17.4 Å². The van der Waals surface area contributed by atoms with Crippen LogP contribution in [-0.2, 0) is 14.3 Å². The molecule has 0 unspecified atom stereocenters. The van der Waals surface area contributed by atoms with Gasteiger partial charge in [-0.05, 0) is 18.6 Å². The molecule has 23 heavy (non-hydrogen) atoms. The highest BCUT2D eigenvalue weighted by Gasteiger charge is 2.37. The summed E-state index contributed by atoms with van der Waals surface area (Å²) < 4.78 is 10.6. The molecule has 0 amide bonds. The zero-order chi connectivity index (χ0) is 17.0. The predicted octanol–water partition coefficient (Wildman–Crippen LogP) is 3.37. The van der Waals surface area contributed by atoms with Gasteiger partial charge in [0, 0.05) is 11.4 Å². The largest absolute Gasteiger partial charge is 0.463 e. The van der Waals surface area contributed by atoms with Crippen molar-refractivity contribution in [1.29, 1.82) is 5.26 Å². The first kappa shape index (κ1) is 16.9. The van der Waals surface area contributed by atoms with E-state index in [2.05, 4.69) is 0 Å². The maximum Gasteiger partial charge on any atom is 0.338 e. The maximum atomic E-state index is 12.5. The smallest absolute Gasteiger partial charge is 0.338 e. The summed E-state index contributed by atoms with van der Waals surface area (Å²) in [7, 11) is 0. The normalized spacial score (nSPS) is 17.6. The molecule has 0 bridgehead atoms. The fourth-order valence-electron chi connectivity index (χ4n) is 2.53. The summed E-state index contributed by atoms with van der Waals surface area (Å²) >= 11 is 6.28. The maximum absolute atomic E-state index is 12.5. The van der Waals surface area contributed by atoms with Crippen LogP contribution in [0.5, 0.6) is 0 Å². The number of ether oxygens (including phenoxy) is 2. The Morgan fingerprint density at radius 3 is 2.70 bits per heavy atom. The van der Waals surface area contributed by atoms with Crippen LogP contribution < -0.4 is 5.73 Å². The zero-order valence-electron chi connectivity index (χ0n) is 12.9. The number of halogens is 1. The van der Waals surface area contributed by atoms with Gasteiger partial charge in [-0.15, -0.1) is 0 Å². The first-order valence-corrected chi connectivity index (χ1v) is 7.65. The summed E-state index contributed by atoms with van der Waals surface area (Å²) in [5.41, 5.74) is 6.91. The Bertz CT molecular complexity index is 732. The Kier molecular flexibility index (Phi) is 5.30. The van der Waals surface area contributed by atoms with Crippen molar-refractivity contribution in [3.63, 3.8) is 0 Å². The minimum absolute atomic E-state index is 0.0117. The number of nitriles is 1. The van der Waals surface area contributed by atoms with E-state index in [0.717, 1.165) is 0 Å². The van der Waals surface area contributed by atoms with Crippen molar-refractivity contribution in [3.8, 4) is 6.07 Å². The number of rotatable bonds is 4. The van der Waals surface area contributed by atoms with E-state index in [-0.39, 0.29) is 23.6 Å². The van der Waals surface area contributed by atoms with Crippen LogP contribution in [0.3, 0.4) is 0 Å². The van der Waals surface area contributed by atoms with Gasteiger partial charge in [0.05, 0.1) is 18.1 Å². The number of hydrogen-bond acceptors (Lipinski definition) is 5. The molecule has 1 atom stereocenters. The Morgan fingerprint density at radius 2 is 2.13 bits per heavy atom. The molecule has 0 spiro atoms. The van der Waals surface area contributed by atoms with Gasteiger partial charge in [0.25, 0.3) is 0 Å². The summed E-state index contributed by atoms with van der Waals surface area (Å²) in [4.78, 5) is 12.5. The minimum atomic E-state index is -0.698. The molecule has 5 nitrogen and oxygen atoms in total. The highest BCUT2D eigenvalue weighted by molar-refractivity contribution is 6.31. The topological polar surface area (TPSA) is 85.3 Å². The molecule has 6 heteroatoms. The third-order valence-electron chi connectivity index (χ3n) is 3.53. The van der Waals surface area contributed by atoms with Crippen molar-refractivity contribution in [2.24, 2.45) is 5.73 Å². The van der Waals surface area contributed by atoms with Crippen LogP contribution in [-0.4, -0.2) is 12.6 Å². The first-order valence-electron chi connectivity index (χ1n) is 7.27. The zero-order valence-corrected chi connectivity index (χ0v) is 13.7. The van der Waals surface area contributed by atoms with Crippen molar-refractivity contribution in [2.75, 3.05) is 6.61 Å². The van der Waals surface area contributed by atoms with Crippen LogP contribution in [0.2, 0.25) is 5.02 Å². The van der Waals surface area contributed by atoms with Gasteiger partial charge in [-0.3, -0.25) is 0 Å². The molecule has 0 aliphatic carbocycles. The fraction of sp³-hybridized carbons (Fsp3) is 0.294.